The standard InChI is InChI=1S/C23H20ClN3O3/c24-21-10-14(5-7-25-21)9-15-11-18-22(17-4-2-1-3-16(15)17)26-13-27(23(18)29)19-12-30-8-6-20(19)28/h1-5,7,10-11,13,19-20,28H,6,8-9,12H2/t19-,20-/m0/s1. The summed E-state index contributed by atoms with van der Waals surface area (Å²) in [6.07, 6.45) is 3.69. The lowest BCUT2D eigenvalue weighted by molar-refractivity contribution is -0.0303. The highest BCUT2D eigenvalue weighted by atomic mass is 35.5. The van der Waals surface area contributed by atoms with Crippen molar-refractivity contribution in [2.45, 2.75) is 25.0 Å². The molecular formula is C23H20ClN3O3. The molecule has 2 aromatic heterocycles. The fourth-order valence-electron chi connectivity index (χ4n) is 4.18. The van der Waals surface area contributed by atoms with E-state index in [-0.39, 0.29) is 5.56 Å². The molecule has 1 aliphatic rings. The molecular weight excluding hydrogens is 402 g/mol. The molecule has 7 heteroatoms. The Labute approximate surface area is 177 Å². The zero-order valence-corrected chi connectivity index (χ0v) is 16.9. The Kier molecular flexibility index (Phi) is 4.98. The van der Waals surface area contributed by atoms with E-state index >= 15 is 0 Å². The van der Waals surface area contributed by atoms with Gasteiger partial charge in [0.15, 0.2) is 0 Å². The van der Waals surface area contributed by atoms with Crippen LogP contribution in [0.15, 0.2) is 59.8 Å². The van der Waals surface area contributed by atoms with Crippen molar-refractivity contribution in [2.24, 2.45) is 0 Å². The van der Waals surface area contributed by atoms with Crippen molar-refractivity contribution in [2.75, 3.05) is 13.2 Å². The normalized spacial score (nSPS) is 19.4. The van der Waals surface area contributed by atoms with Gasteiger partial charge in [-0.2, -0.15) is 0 Å². The average molecular weight is 422 g/mol. The Morgan fingerprint density at radius 2 is 1.97 bits per heavy atom. The van der Waals surface area contributed by atoms with E-state index in [0.29, 0.717) is 42.1 Å². The molecule has 2 aromatic carbocycles. The van der Waals surface area contributed by atoms with Crippen LogP contribution in [0.1, 0.15) is 23.6 Å². The largest absolute Gasteiger partial charge is 0.391 e. The lowest BCUT2D eigenvalue weighted by Crippen LogP contribution is -2.39. The van der Waals surface area contributed by atoms with E-state index in [1.165, 1.54) is 10.9 Å². The van der Waals surface area contributed by atoms with Crippen LogP contribution >= 0.6 is 11.6 Å². The van der Waals surface area contributed by atoms with Crippen LogP contribution in [-0.4, -0.2) is 39.0 Å². The van der Waals surface area contributed by atoms with E-state index in [9.17, 15) is 9.90 Å². The summed E-state index contributed by atoms with van der Waals surface area (Å²) in [6.45, 7) is 0.793. The third-order valence-corrected chi connectivity index (χ3v) is 5.92. The van der Waals surface area contributed by atoms with Gasteiger partial charge in [0.1, 0.15) is 5.15 Å². The number of rotatable bonds is 3. The third-order valence-electron chi connectivity index (χ3n) is 5.71. The number of aliphatic hydroxyl groups is 1. The van der Waals surface area contributed by atoms with Crippen LogP contribution in [-0.2, 0) is 11.2 Å². The Bertz CT molecular complexity index is 1300. The zero-order valence-electron chi connectivity index (χ0n) is 16.2. The number of aliphatic hydroxyl groups excluding tert-OH is 1. The second-order valence-electron chi connectivity index (χ2n) is 7.60. The van der Waals surface area contributed by atoms with Crippen molar-refractivity contribution in [3.63, 3.8) is 0 Å². The molecule has 3 heterocycles. The Morgan fingerprint density at radius 1 is 1.13 bits per heavy atom. The van der Waals surface area contributed by atoms with Crippen LogP contribution in [0.25, 0.3) is 21.7 Å². The molecule has 0 radical (unpaired) electrons. The van der Waals surface area contributed by atoms with Gasteiger partial charge >= 0.3 is 0 Å². The van der Waals surface area contributed by atoms with E-state index in [0.717, 1.165) is 21.9 Å². The molecule has 1 aliphatic heterocycles. The van der Waals surface area contributed by atoms with Crippen LogP contribution in [0, 0.1) is 0 Å². The second kappa shape index (κ2) is 7.80. The van der Waals surface area contributed by atoms with Crippen molar-refractivity contribution in [1.29, 1.82) is 0 Å². The highest BCUT2D eigenvalue weighted by Gasteiger charge is 2.27. The molecule has 0 unspecified atom stereocenters. The molecule has 0 saturated carbocycles. The first-order chi connectivity index (χ1) is 14.6. The molecule has 1 saturated heterocycles. The van der Waals surface area contributed by atoms with E-state index in [2.05, 4.69) is 9.97 Å². The van der Waals surface area contributed by atoms with Gasteiger partial charge in [0.05, 0.1) is 36.0 Å². The molecule has 0 aliphatic carbocycles. The van der Waals surface area contributed by atoms with E-state index in [1.54, 1.807) is 6.20 Å². The van der Waals surface area contributed by atoms with Crippen LogP contribution in [0.5, 0.6) is 0 Å². The molecule has 6 nitrogen and oxygen atoms in total. The van der Waals surface area contributed by atoms with Crippen LogP contribution in [0.4, 0.5) is 0 Å². The molecule has 2 atom stereocenters. The predicted molar refractivity (Wildman–Crippen MR) is 116 cm³/mol. The first-order valence-electron chi connectivity index (χ1n) is 9.89. The summed E-state index contributed by atoms with van der Waals surface area (Å²) in [5.74, 6) is 0. The highest BCUT2D eigenvalue weighted by Crippen LogP contribution is 2.28. The van der Waals surface area contributed by atoms with Gasteiger partial charge in [-0.05, 0) is 47.6 Å². The summed E-state index contributed by atoms with van der Waals surface area (Å²) in [6, 6.07) is 13.2. The van der Waals surface area contributed by atoms with Gasteiger partial charge in [0, 0.05) is 18.2 Å². The SMILES string of the molecule is O=c1c2cc(Cc3ccnc(Cl)c3)c3ccccc3c2ncn1[C@H]1COCC[C@@H]1O. The van der Waals surface area contributed by atoms with Crippen molar-refractivity contribution < 1.29 is 9.84 Å². The molecule has 0 amide bonds. The molecule has 1 fully saturated rings. The fourth-order valence-corrected chi connectivity index (χ4v) is 4.38. The maximum atomic E-state index is 13.4. The molecule has 30 heavy (non-hydrogen) atoms. The lowest BCUT2D eigenvalue weighted by Gasteiger charge is -2.29. The van der Waals surface area contributed by atoms with E-state index in [1.807, 2.05) is 42.5 Å². The summed E-state index contributed by atoms with van der Waals surface area (Å²) in [5.41, 5.74) is 2.51. The van der Waals surface area contributed by atoms with Gasteiger partial charge in [-0.15, -0.1) is 0 Å². The van der Waals surface area contributed by atoms with Crippen LogP contribution in [0.3, 0.4) is 0 Å². The number of fused-ring (bicyclic) bond motifs is 3. The number of aromatic nitrogens is 3. The van der Waals surface area contributed by atoms with Crippen molar-refractivity contribution in [1.82, 2.24) is 14.5 Å². The Hall–Kier alpha value is -2.80. The molecule has 152 valence electrons. The quantitative estimate of drug-likeness (QED) is 0.404. The van der Waals surface area contributed by atoms with Crippen molar-refractivity contribution in [3.8, 4) is 0 Å². The number of halogens is 1. The van der Waals surface area contributed by atoms with Gasteiger partial charge in [-0.3, -0.25) is 9.36 Å². The maximum absolute atomic E-state index is 13.4. The number of hydrogen-bond donors (Lipinski definition) is 1. The summed E-state index contributed by atoms with van der Waals surface area (Å²) < 4.78 is 7.00. The minimum Gasteiger partial charge on any atom is -0.391 e. The minimum atomic E-state index is -0.630. The summed E-state index contributed by atoms with van der Waals surface area (Å²) in [4.78, 5) is 22.1. The summed E-state index contributed by atoms with van der Waals surface area (Å²) >= 11 is 6.06. The number of ether oxygens (including phenoxy) is 1. The van der Waals surface area contributed by atoms with Gasteiger partial charge in [0.25, 0.3) is 5.56 Å². The minimum absolute atomic E-state index is 0.172. The van der Waals surface area contributed by atoms with Crippen molar-refractivity contribution in [3.05, 3.63) is 81.6 Å². The van der Waals surface area contributed by atoms with Gasteiger partial charge in [-0.1, -0.05) is 35.9 Å². The molecule has 4 aromatic rings. The van der Waals surface area contributed by atoms with E-state index in [4.69, 9.17) is 16.3 Å². The number of benzene rings is 2. The summed E-state index contributed by atoms with van der Waals surface area (Å²) in [5, 5.41) is 13.3. The maximum Gasteiger partial charge on any atom is 0.261 e. The predicted octanol–water partition coefficient (Wildman–Crippen LogP) is 3.51. The first kappa shape index (κ1) is 19.2. The number of hydrogen-bond acceptors (Lipinski definition) is 5. The Balaban J connectivity index is 1.71. The fraction of sp³-hybridized carbons (Fsp3) is 0.261. The molecule has 5 rings (SSSR count). The lowest BCUT2D eigenvalue weighted by atomic mass is 9.96. The van der Waals surface area contributed by atoms with Crippen LogP contribution < -0.4 is 5.56 Å². The Morgan fingerprint density at radius 3 is 2.77 bits per heavy atom. The zero-order chi connectivity index (χ0) is 20.7. The second-order valence-corrected chi connectivity index (χ2v) is 7.98. The summed E-state index contributed by atoms with van der Waals surface area (Å²) in [7, 11) is 0. The monoisotopic (exact) mass is 421 g/mol. The highest BCUT2D eigenvalue weighted by molar-refractivity contribution is 6.29. The average Bonchev–Trinajstić information content (AvgIpc) is 2.75. The number of pyridine rings is 1. The molecule has 1 N–H and O–H groups in total. The van der Waals surface area contributed by atoms with Gasteiger partial charge in [-0.25, -0.2) is 9.97 Å². The van der Waals surface area contributed by atoms with E-state index < -0.39 is 12.1 Å². The molecule has 0 spiro atoms. The van der Waals surface area contributed by atoms with Gasteiger partial charge in [0.2, 0.25) is 0 Å². The topological polar surface area (TPSA) is 77.2 Å². The van der Waals surface area contributed by atoms with Crippen molar-refractivity contribution >= 4 is 33.3 Å². The van der Waals surface area contributed by atoms with Crippen LogP contribution in [0.2, 0.25) is 5.15 Å². The third kappa shape index (κ3) is 3.37. The smallest absolute Gasteiger partial charge is 0.261 e. The first-order valence-corrected chi connectivity index (χ1v) is 10.3. The number of nitrogens with zero attached hydrogens (tertiary/aromatic N) is 3. The molecule has 0 bridgehead atoms. The van der Waals surface area contributed by atoms with Gasteiger partial charge < -0.3 is 9.84 Å².